The molecule has 1 atom stereocenters. The van der Waals surface area contributed by atoms with Crippen molar-refractivity contribution in [3.8, 4) is 0 Å². The molecule has 1 aromatic rings. The smallest absolute Gasteiger partial charge is 0.331 e. The van der Waals surface area contributed by atoms with E-state index < -0.39 is 18.0 Å². The van der Waals surface area contributed by atoms with Crippen LogP contribution >= 0.6 is 0 Å². The van der Waals surface area contributed by atoms with Crippen LogP contribution in [0.2, 0.25) is 0 Å². The van der Waals surface area contributed by atoms with E-state index >= 15 is 0 Å². The summed E-state index contributed by atoms with van der Waals surface area (Å²) in [6.07, 6.45) is 4.81. The van der Waals surface area contributed by atoms with Gasteiger partial charge in [-0.15, -0.1) is 0 Å². The Kier molecular flexibility index (Phi) is 5.16. The summed E-state index contributed by atoms with van der Waals surface area (Å²) in [6, 6.07) is -1.57. The van der Waals surface area contributed by atoms with Gasteiger partial charge in [-0.1, -0.05) is 13.3 Å². The number of urea groups is 1. The molecule has 7 heteroatoms. The van der Waals surface area contributed by atoms with Gasteiger partial charge in [0.2, 0.25) is 0 Å². The van der Waals surface area contributed by atoms with E-state index in [4.69, 9.17) is 5.11 Å². The van der Waals surface area contributed by atoms with Gasteiger partial charge in [0.1, 0.15) is 0 Å². The van der Waals surface area contributed by atoms with E-state index in [1.54, 1.807) is 13.2 Å². The van der Waals surface area contributed by atoms with E-state index in [9.17, 15) is 9.59 Å². The number of nitrogens with one attached hydrogen (secondary N) is 2. The highest BCUT2D eigenvalue weighted by molar-refractivity contribution is 5.83. The molecular formula is C11H18N4O3. The molecule has 0 aromatic carbocycles. The average molecular weight is 254 g/mol. The highest BCUT2D eigenvalue weighted by atomic mass is 16.4. The number of hydrogen-bond acceptors (Lipinski definition) is 3. The summed E-state index contributed by atoms with van der Waals surface area (Å²) in [6.45, 7) is 2.54. The van der Waals surface area contributed by atoms with Gasteiger partial charge in [0.05, 0.1) is 6.20 Å². The Morgan fingerprint density at radius 2 is 2.28 bits per heavy atom. The Bertz CT molecular complexity index is 416. The van der Waals surface area contributed by atoms with E-state index in [-0.39, 0.29) is 0 Å². The minimum Gasteiger partial charge on any atom is -0.479 e. The van der Waals surface area contributed by atoms with E-state index in [1.807, 2.05) is 6.92 Å². The van der Waals surface area contributed by atoms with Gasteiger partial charge in [0.15, 0.2) is 6.04 Å². The van der Waals surface area contributed by atoms with Gasteiger partial charge in [-0.3, -0.25) is 4.68 Å². The molecule has 0 spiro atoms. The van der Waals surface area contributed by atoms with Crippen molar-refractivity contribution in [2.24, 2.45) is 7.05 Å². The molecule has 1 heterocycles. The predicted octanol–water partition coefficient (Wildman–Crippen LogP) is 0.645. The van der Waals surface area contributed by atoms with Crippen LogP contribution in [-0.2, 0) is 11.8 Å². The molecule has 0 bridgehead atoms. The zero-order valence-electron chi connectivity index (χ0n) is 10.5. The fourth-order valence-corrected chi connectivity index (χ4v) is 1.44. The maximum Gasteiger partial charge on any atom is 0.331 e. The molecule has 0 aliphatic heterocycles. The van der Waals surface area contributed by atoms with Gasteiger partial charge in [-0.05, 0) is 6.42 Å². The van der Waals surface area contributed by atoms with E-state index in [0.717, 1.165) is 12.8 Å². The first-order valence-electron chi connectivity index (χ1n) is 5.80. The first kappa shape index (κ1) is 14.0. The number of aryl methyl sites for hydroxylation is 1. The number of carbonyl (C=O) groups is 2. The lowest BCUT2D eigenvalue weighted by molar-refractivity contribution is -0.139. The van der Waals surface area contributed by atoms with Gasteiger partial charge in [-0.2, -0.15) is 5.10 Å². The molecule has 0 aliphatic carbocycles. The Hall–Kier alpha value is -2.05. The van der Waals surface area contributed by atoms with E-state index in [1.165, 1.54) is 10.9 Å². The fraction of sp³-hybridized carbons (Fsp3) is 0.545. The zero-order chi connectivity index (χ0) is 13.5. The monoisotopic (exact) mass is 254 g/mol. The number of nitrogens with zero attached hydrogens (tertiary/aromatic N) is 2. The maximum absolute atomic E-state index is 11.5. The first-order valence-corrected chi connectivity index (χ1v) is 5.80. The Balaban J connectivity index is 2.59. The molecule has 2 amide bonds. The van der Waals surface area contributed by atoms with Crippen LogP contribution in [0.5, 0.6) is 0 Å². The van der Waals surface area contributed by atoms with Crippen LogP contribution in [-0.4, -0.2) is 33.4 Å². The first-order chi connectivity index (χ1) is 8.54. The summed E-state index contributed by atoms with van der Waals surface area (Å²) in [5, 5.41) is 18.0. The van der Waals surface area contributed by atoms with Crippen LogP contribution in [0, 0.1) is 0 Å². The predicted molar refractivity (Wildman–Crippen MR) is 65.0 cm³/mol. The zero-order valence-corrected chi connectivity index (χ0v) is 10.5. The lowest BCUT2D eigenvalue weighted by Gasteiger charge is -2.13. The van der Waals surface area contributed by atoms with Crippen LogP contribution in [0.25, 0.3) is 0 Å². The summed E-state index contributed by atoms with van der Waals surface area (Å²) in [5.41, 5.74) is 0.440. The largest absolute Gasteiger partial charge is 0.479 e. The summed E-state index contributed by atoms with van der Waals surface area (Å²) in [4.78, 5) is 22.6. The molecular weight excluding hydrogens is 236 g/mol. The van der Waals surface area contributed by atoms with Crippen molar-refractivity contribution in [1.29, 1.82) is 0 Å². The van der Waals surface area contributed by atoms with Crippen molar-refractivity contribution in [3.05, 3.63) is 18.0 Å². The van der Waals surface area contributed by atoms with Crippen molar-refractivity contribution in [1.82, 2.24) is 20.4 Å². The minimum absolute atomic E-state index is 0.440. The van der Waals surface area contributed by atoms with Crippen LogP contribution in [0.1, 0.15) is 31.4 Å². The van der Waals surface area contributed by atoms with Crippen molar-refractivity contribution in [2.75, 3.05) is 6.54 Å². The van der Waals surface area contributed by atoms with Crippen molar-refractivity contribution in [3.63, 3.8) is 0 Å². The van der Waals surface area contributed by atoms with Gasteiger partial charge in [0.25, 0.3) is 0 Å². The second-order valence-electron chi connectivity index (χ2n) is 3.97. The van der Waals surface area contributed by atoms with Gasteiger partial charge < -0.3 is 15.7 Å². The Morgan fingerprint density at radius 3 is 2.78 bits per heavy atom. The highest BCUT2D eigenvalue weighted by Gasteiger charge is 2.23. The average Bonchev–Trinajstić information content (AvgIpc) is 2.72. The van der Waals surface area contributed by atoms with Crippen molar-refractivity contribution >= 4 is 12.0 Å². The normalized spacial score (nSPS) is 11.9. The molecule has 1 rings (SSSR count). The molecule has 18 heavy (non-hydrogen) atoms. The summed E-state index contributed by atoms with van der Waals surface area (Å²) < 4.78 is 1.49. The Morgan fingerprint density at radius 1 is 1.56 bits per heavy atom. The third kappa shape index (κ3) is 4.08. The number of carboxylic acids is 1. The third-order valence-corrected chi connectivity index (χ3v) is 2.40. The molecule has 3 N–H and O–H groups in total. The quantitative estimate of drug-likeness (QED) is 0.649. The fourth-order valence-electron chi connectivity index (χ4n) is 1.44. The maximum atomic E-state index is 11.5. The van der Waals surface area contributed by atoms with Gasteiger partial charge in [-0.25, -0.2) is 9.59 Å². The third-order valence-electron chi connectivity index (χ3n) is 2.40. The lowest BCUT2D eigenvalue weighted by atomic mass is 10.1. The molecule has 0 fully saturated rings. The number of hydrogen-bond donors (Lipinski definition) is 3. The number of carboxylic acid groups (broad SMARTS) is 1. The van der Waals surface area contributed by atoms with E-state index in [0.29, 0.717) is 12.1 Å². The van der Waals surface area contributed by atoms with Gasteiger partial charge >= 0.3 is 12.0 Å². The number of amides is 2. The second-order valence-corrected chi connectivity index (χ2v) is 3.97. The molecule has 100 valence electrons. The minimum atomic E-state index is -1.12. The summed E-state index contributed by atoms with van der Waals surface area (Å²) >= 11 is 0. The number of aromatic nitrogens is 2. The van der Waals surface area contributed by atoms with Crippen LogP contribution < -0.4 is 10.6 Å². The second kappa shape index (κ2) is 6.63. The van der Waals surface area contributed by atoms with E-state index in [2.05, 4.69) is 15.7 Å². The number of carbonyl (C=O) groups excluding carboxylic acids is 1. The van der Waals surface area contributed by atoms with Crippen molar-refractivity contribution < 1.29 is 14.7 Å². The molecule has 0 aliphatic rings. The molecule has 0 radical (unpaired) electrons. The molecule has 1 unspecified atom stereocenters. The molecule has 0 saturated carbocycles. The highest BCUT2D eigenvalue weighted by Crippen LogP contribution is 2.11. The molecule has 0 saturated heterocycles. The summed E-state index contributed by atoms with van der Waals surface area (Å²) in [7, 11) is 1.68. The van der Waals surface area contributed by atoms with Crippen molar-refractivity contribution in [2.45, 2.75) is 25.8 Å². The number of aliphatic carboxylic acids is 1. The number of unbranched alkanes of at least 4 members (excludes halogenated alkanes) is 1. The standard InChI is InChI=1S/C11H18N4O3/c1-3-4-5-12-11(18)14-9(10(16)17)8-6-13-15(2)7-8/h6-7,9H,3-5H2,1-2H3,(H,16,17)(H2,12,14,18). The van der Waals surface area contributed by atoms with Crippen LogP contribution in [0.15, 0.2) is 12.4 Å². The molecule has 7 nitrogen and oxygen atoms in total. The summed E-state index contributed by atoms with van der Waals surface area (Å²) in [5.74, 6) is -1.12. The Labute approximate surface area is 105 Å². The van der Waals surface area contributed by atoms with Gasteiger partial charge in [0, 0.05) is 25.4 Å². The SMILES string of the molecule is CCCCNC(=O)NC(C(=O)O)c1cnn(C)c1. The topological polar surface area (TPSA) is 96.2 Å². The number of rotatable bonds is 6. The molecule has 1 aromatic heterocycles. The van der Waals surface area contributed by atoms with Crippen LogP contribution in [0.3, 0.4) is 0 Å². The van der Waals surface area contributed by atoms with Crippen LogP contribution in [0.4, 0.5) is 4.79 Å². The lowest BCUT2D eigenvalue weighted by Crippen LogP contribution is -2.41.